The van der Waals surface area contributed by atoms with E-state index in [1.807, 2.05) is 0 Å². The molecule has 0 radical (unpaired) electrons. The maximum atomic E-state index is 9.56. The van der Waals surface area contributed by atoms with E-state index >= 15 is 0 Å². The minimum atomic E-state index is -0.358. The van der Waals surface area contributed by atoms with Gasteiger partial charge in [-0.3, -0.25) is 0 Å². The highest BCUT2D eigenvalue weighted by atomic mass is 16.5. The van der Waals surface area contributed by atoms with Crippen molar-refractivity contribution in [3.05, 3.63) is 0 Å². The first-order valence-corrected chi connectivity index (χ1v) is 6.77. The van der Waals surface area contributed by atoms with Crippen molar-refractivity contribution in [3.63, 3.8) is 0 Å². The van der Waals surface area contributed by atoms with Crippen LogP contribution >= 0.6 is 0 Å². The van der Waals surface area contributed by atoms with Crippen molar-refractivity contribution >= 4 is 0 Å². The summed E-state index contributed by atoms with van der Waals surface area (Å²) in [5, 5.41) is 12.8. The third kappa shape index (κ3) is 12.0. The molecule has 0 aliphatic rings. The van der Waals surface area contributed by atoms with Crippen LogP contribution in [-0.2, 0) is 4.74 Å². The van der Waals surface area contributed by atoms with Crippen LogP contribution < -0.4 is 5.32 Å². The molecule has 0 aromatic heterocycles. The average molecular weight is 231 g/mol. The highest BCUT2D eigenvalue weighted by molar-refractivity contribution is 4.58. The van der Waals surface area contributed by atoms with Gasteiger partial charge in [0.15, 0.2) is 0 Å². The summed E-state index contributed by atoms with van der Waals surface area (Å²) in [7, 11) is 0. The molecule has 0 aliphatic heterocycles. The zero-order valence-electron chi connectivity index (χ0n) is 11.0. The third-order valence-corrected chi connectivity index (χ3v) is 2.54. The lowest BCUT2D eigenvalue weighted by Crippen LogP contribution is -2.31. The molecule has 16 heavy (non-hydrogen) atoms. The summed E-state index contributed by atoms with van der Waals surface area (Å²) in [6, 6.07) is 0. The van der Waals surface area contributed by atoms with Crippen molar-refractivity contribution in [2.75, 3.05) is 26.3 Å². The fraction of sp³-hybridized carbons (Fsp3) is 1.00. The Hall–Kier alpha value is -0.120. The average Bonchev–Trinajstić information content (AvgIpc) is 2.29. The minimum absolute atomic E-state index is 0.358. The molecule has 1 unspecified atom stereocenters. The molecule has 0 heterocycles. The van der Waals surface area contributed by atoms with Gasteiger partial charge in [0.2, 0.25) is 0 Å². The molecular weight excluding hydrogens is 202 g/mol. The molecule has 1 atom stereocenters. The van der Waals surface area contributed by atoms with Crippen LogP contribution in [0.3, 0.4) is 0 Å². The fourth-order valence-corrected chi connectivity index (χ4v) is 1.48. The molecule has 0 aliphatic carbocycles. The lowest BCUT2D eigenvalue weighted by molar-refractivity contribution is 0.0355. The van der Waals surface area contributed by atoms with Crippen LogP contribution in [0.15, 0.2) is 0 Å². The summed E-state index contributed by atoms with van der Waals surface area (Å²) in [4.78, 5) is 0. The topological polar surface area (TPSA) is 41.5 Å². The van der Waals surface area contributed by atoms with E-state index in [-0.39, 0.29) is 6.10 Å². The van der Waals surface area contributed by atoms with Crippen LogP contribution in [-0.4, -0.2) is 37.5 Å². The first kappa shape index (κ1) is 15.9. The second kappa shape index (κ2) is 12.9. The quantitative estimate of drug-likeness (QED) is 0.507. The van der Waals surface area contributed by atoms with Crippen LogP contribution in [0.2, 0.25) is 0 Å². The van der Waals surface area contributed by atoms with Crippen LogP contribution in [0.1, 0.15) is 52.4 Å². The number of hydrogen-bond donors (Lipinski definition) is 2. The van der Waals surface area contributed by atoms with Crippen LogP contribution in [0.4, 0.5) is 0 Å². The summed E-state index contributed by atoms with van der Waals surface area (Å²) in [5.74, 6) is 0. The van der Waals surface area contributed by atoms with Crippen molar-refractivity contribution < 1.29 is 9.84 Å². The van der Waals surface area contributed by atoms with Crippen molar-refractivity contribution in [1.29, 1.82) is 0 Å². The molecule has 3 heteroatoms. The van der Waals surface area contributed by atoms with Crippen molar-refractivity contribution in [1.82, 2.24) is 5.32 Å². The van der Waals surface area contributed by atoms with Gasteiger partial charge in [-0.25, -0.2) is 0 Å². The van der Waals surface area contributed by atoms with E-state index in [1.165, 1.54) is 32.1 Å². The molecule has 0 aromatic rings. The predicted molar refractivity (Wildman–Crippen MR) is 68.7 cm³/mol. The van der Waals surface area contributed by atoms with Crippen LogP contribution in [0.5, 0.6) is 0 Å². The Kier molecular flexibility index (Phi) is 12.9. The lowest BCUT2D eigenvalue weighted by Gasteiger charge is -2.12. The predicted octanol–water partition coefficient (Wildman–Crippen LogP) is 2.33. The van der Waals surface area contributed by atoms with Crippen LogP contribution in [0, 0.1) is 0 Å². The van der Waals surface area contributed by atoms with E-state index in [2.05, 4.69) is 19.2 Å². The van der Waals surface area contributed by atoms with Gasteiger partial charge in [-0.05, 0) is 19.4 Å². The van der Waals surface area contributed by atoms with Gasteiger partial charge in [0.1, 0.15) is 0 Å². The van der Waals surface area contributed by atoms with Crippen molar-refractivity contribution in [3.8, 4) is 0 Å². The van der Waals surface area contributed by atoms with Gasteiger partial charge in [0, 0.05) is 13.2 Å². The van der Waals surface area contributed by atoms with Crippen molar-refractivity contribution in [2.45, 2.75) is 58.5 Å². The fourth-order valence-electron chi connectivity index (χ4n) is 1.48. The molecule has 0 saturated heterocycles. The summed E-state index contributed by atoms with van der Waals surface area (Å²) in [6.07, 6.45) is 6.89. The summed E-state index contributed by atoms with van der Waals surface area (Å²) >= 11 is 0. The Morgan fingerprint density at radius 2 is 1.81 bits per heavy atom. The zero-order valence-corrected chi connectivity index (χ0v) is 11.0. The SMILES string of the molecule is CCCCCCOCC(O)CNCCCC. The standard InChI is InChI=1S/C13H29NO2/c1-3-5-7-8-10-16-12-13(15)11-14-9-6-4-2/h13-15H,3-12H2,1-2H3. The van der Waals surface area contributed by atoms with E-state index in [1.54, 1.807) is 0 Å². The molecule has 0 saturated carbocycles. The highest BCUT2D eigenvalue weighted by Gasteiger charge is 2.02. The third-order valence-electron chi connectivity index (χ3n) is 2.54. The maximum absolute atomic E-state index is 9.56. The minimum Gasteiger partial charge on any atom is -0.389 e. The van der Waals surface area contributed by atoms with Gasteiger partial charge < -0.3 is 15.2 Å². The molecule has 0 spiro atoms. The normalized spacial score (nSPS) is 12.9. The number of rotatable bonds is 12. The Morgan fingerprint density at radius 3 is 2.50 bits per heavy atom. The van der Waals surface area contributed by atoms with E-state index in [4.69, 9.17) is 4.74 Å². The Balaban J connectivity index is 3.08. The molecule has 0 fully saturated rings. The monoisotopic (exact) mass is 231 g/mol. The summed E-state index contributed by atoms with van der Waals surface area (Å²) in [6.45, 7) is 7.25. The molecule has 0 bridgehead atoms. The van der Waals surface area contributed by atoms with Gasteiger partial charge in [0.05, 0.1) is 12.7 Å². The second-order valence-electron chi connectivity index (χ2n) is 4.35. The molecule has 0 amide bonds. The van der Waals surface area contributed by atoms with Gasteiger partial charge >= 0.3 is 0 Å². The number of aliphatic hydroxyl groups is 1. The number of unbranched alkanes of at least 4 members (excludes halogenated alkanes) is 4. The molecule has 98 valence electrons. The van der Waals surface area contributed by atoms with E-state index in [0.717, 1.165) is 19.6 Å². The van der Waals surface area contributed by atoms with Gasteiger partial charge in [-0.15, -0.1) is 0 Å². The molecule has 2 N–H and O–H groups in total. The maximum Gasteiger partial charge on any atom is 0.0897 e. The second-order valence-corrected chi connectivity index (χ2v) is 4.35. The molecular formula is C13H29NO2. The number of aliphatic hydroxyl groups excluding tert-OH is 1. The Bertz CT molecular complexity index is 131. The highest BCUT2D eigenvalue weighted by Crippen LogP contribution is 1.99. The van der Waals surface area contributed by atoms with Gasteiger partial charge in [-0.2, -0.15) is 0 Å². The summed E-state index contributed by atoms with van der Waals surface area (Å²) < 4.78 is 5.41. The number of ether oxygens (including phenoxy) is 1. The lowest BCUT2D eigenvalue weighted by atomic mass is 10.2. The van der Waals surface area contributed by atoms with E-state index in [9.17, 15) is 5.11 Å². The van der Waals surface area contributed by atoms with E-state index in [0.29, 0.717) is 13.2 Å². The number of nitrogens with one attached hydrogen (secondary N) is 1. The number of hydrogen-bond acceptors (Lipinski definition) is 3. The Labute approximate surface area is 101 Å². The first-order valence-electron chi connectivity index (χ1n) is 6.77. The zero-order chi connectivity index (χ0) is 12.1. The van der Waals surface area contributed by atoms with E-state index < -0.39 is 0 Å². The van der Waals surface area contributed by atoms with Crippen molar-refractivity contribution in [2.24, 2.45) is 0 Å². The largest absolute Gasteiger partial charge is 0.389 e. The smallest absolute Gasteiger partial charge is 0.0897 e. The van der Waals surface area contributed by atoms with Crippen LogP contribution in [0.25, 0.3) is 0 Å². The van der Waals surface area contributed by atoms with Gasteiger partial charge in [-0.1, -0.05) is 39.5 Å². The Morgan fingerprint density at radius 1 is 1.06 bits per heavy atom. The molecule has 3 nitrogen and oxygen atoms in total. The van der Waals surface area contributed by atoms with Gasteiger partial charge in [0.25, 0.3) is 0 Å². The molecule has 0 aromatic carbocycles. The molecule has 0 rings (SSSR count). The summed E-state index contributed by atoms with van der Waals surface area (Å²) in [5.41, 5.74) is 0. The first-order chi connectivity index (χ1) is 7.81.